The maximum absolute atomic E-state index is 13.3. The van der Waals surface area contributed by atoms with E-state index in [0.29, 0.717) is 33.6 Å². The SMILES string of the molecule is CC(=O)NC(C(=O)c1nc2ccc(NS(=O)(=O)Cc3ccccc3)cc2s1)c1ccc(CN)cc1. The van der Waals surface area contributed by atoms with Gasteiger partial charge in [0.25, 0.3) is 0 Å². The lowest BCUT2D eigenvalue weighted by molar-refractivity contribution is -0.119. The number of carbonyl (C=O) groups excluding carboxylic acids is 2. The minimum Gasteiger partial charge on any atom is -0.342 e. The molecule has 0 saturated heterocycles. The first kappa shape index (κ1) is 24.5. The number of Topliss-reactive ketones (excluding diaryl/α,β-unsaturated/α-hetero) is 1. The van der Waals surface area contributed by atoms with Gasteiger partial charge in [-0.15, -0.1) is 11.3 Å². The molecule has 1 atom stereocenters. The topological polar surface area (TPSA) is 131 Å². The van der Waals surface area contributed by atoms with Gasteiger partial charge in [0.15, 0.2) is 5.01 Å². The monoisotopic (exact) mass is 508 g/mol. The van der Waals surface area contributed by atoms with Gasteiger partial charge >= 0.3 is 0 Å². The molecule has 8 nitrogen and oxygen atoms in total. The molecule has 1 amide bonds. The number of nitrogens with one attached hydrogen (secondary N) is 2. The van der Waals surface area contributed by atoms with Gasteiger partial charge in [0.1, 0.15) is 6.04 Å². The Kier molecular flexibility index (Phi) is 7.25. The highest BCUT2D eigenvalue weighted by atomic mass is 32.2. The molecule has 0 saturated carbocycles. The Labute approximate surface area is 207 Å². The molecule has 10 heteroatoms. The van der Waals surface area contributed by atoms with Gasteiger partial charge in [0.2, 0.25) is 21.7 Å². The zero-order chi connectivity index (χ0) is 25.0. The van der Waals surface area contributed by atoms with E-state index in [2.05, 4.69) is 15.0 Å². The average Bonchev–Trinajstić information content (AvgIpc) is 3.25. The van der Waals surface area contributed by atoms with Crippen molar-refractivity contribution in [3.8, 4) is 0 Å². The van der Waals surface area contributed by atoms with E-state index in [4.69, 9.17) is 5.73 Å². The molecular formula is C25H24N4O4S2. The quantitative estimate of drug-likeness (QED) is 0.295. The second kappa shape index (κ2) is 10.3. The minimum atomic E-state index is -3.62. The number of sulfonamides is 1. The van der Waals surface area contributed by atoms with Crippen LogP contribution in [-0.4, -0.2) is 25.1 Å². The number of carbonyl (C=O) groups is 2. The molecule has 4 N–H and O–H groups in total. The van der Waals surface area contributed by atoms with Crippen molar-refractivity contribution >= 4 is 49.0 Å². The number of nitrogens with zero attached hydrogens (tertiary/aromatic N) is 1. The number of fused-ring (bicyclic) bond motifs is 1. The van der Waals surface area contributed by atoms with Crippen molar-refractivity contribution in [1.82, 2.24) is 10.3 Å². The van der Waals surface area contributed by atoms with E-state index in [1.165, 1.54) is 6.92 Å². The van der Waals surface area contributed by atoms with Crippen LogP contribution in [0.2, 0.25) is 0 Å². The molecule has 0 aliphatic heterocycles. The second-order valence-corrected chi connectivity index (χ2v) is 10.7. The van der Waals surface area contributed by atoms with Crippen molar-refractivity contribution < 1.29 is 18.0 Å². The van der Waals surface area contributed by atoms with Crippen molar-refractivity contribution in [2.75, 3.05) is 4.72 Å². The summed E-state index contributed by atoms with van der Waals surface area (Å²) in [4.78, 5) is 29.5. The van der Waals surface area contributed by atoms with E-state index in [0.717, 1.165) is 16.9 Å². The number of rotatable bonds is 9. The Bertz CT molecular complexity index is 1470. The smallest absolute Gasteiger partial charge is 0.236 e. The molecule has 4 rings (SSSR count). The Morgan fingerprint density at radius 3 is 2.37 bits per heavy atom. The summed E-state index contributed by atoms with van der Waals surface area (Å²) >= 11 is 1.14. The number of hydrogen-bond donors (Lipinski definition) is 3. The van der Waals surface area contributed by atoms with E-state index in [1.807, 2.05) is 18.2 Å². The number of benzene rings is 3. The maximum atomic E-state index is 13.3. The molecule has 0 aliphatic carbocycles. The number of anilines is 1. The lowest BCUT2D eigenvalue weighted by Crippen LogP contribution is -2.32. The largest absolute Gasteiger partial charge is 0.342 e. The van der Waals surface area contributed by atoms with Gasteiger partial charge in [-0.1, -0.05) is 54.6 Å². The summed E-state index contributed by atoms with van der Waals surface area (Å²) < 4.78 is 28.4. The fourth-order valence-corrected chi connectivity index (χ4v) is 5.74. The van der Waals surface area contributed by atoms with Gasteiger partial charge in [0.05, 0.1) is 21.7 Å². The predicted molar refractivity (Wildman–Crippen MR) is 138 cm³/mol. The van der Waals surface area contributed by atoms with E-state index >= 15 is 0 Å². The molecule has 0 radical (unpaired) electrons. The van der Waals surface area contributed by atoms with Crippen molar-refractivity contribution in [1.29, 1.82) is 0 Å². The highest BCUT2D eigenvalue weighted by Crippen LogP contribution is 2.29. The lowest BCUT2D eigenvalue weighted by Gasteiger charge is -2.16. The lowest BCUT2D eigenvalue weighted by atomic mass is 10.0. The third kappa shape index (κ3) is 6.10. The zero-order valence-electron chi connectivity index (χ0n) is 18.9. The summed E-state index contributed by atoms with van der Waals surface area (Å²) in [6, 6.07) is 20.0. The van der Waals surface area contributed by atoms with Crippen LogP contribution in [0.25, 0.3) is 10.2 Å². The normalized spacial score (nSPS) is 12.3. The first-order chi connectivity index (χ1) is 16.7. The number of aromatic nitrogens is 1. The van der Waals surface area contributed by atoms with E-state index < -0.39 is 16.1 Å². The number of ketones is 1. The number of hydrogen-bond acceptors (Lipinski definition) is 7. The van der Waals surface area contributed by atoms with Gasteiger partial charge in [-0.3, -0.25) is 14.3 Å². The molecule has 0 aliphatic rings. The van der Waals surface area contributed by atoms with Gasteiger partial charge in [-0.25, -0.2) is 13.4 Å². The van der Waals surface area contributed by atoms with E-state index in [1.54, 1.807) is 54.6 Å². The minimum absolute atomic E-state index is 0.153. The fraction of sp³-hybridized carbons (Fsp3) is 0.160. The van der Waals surface area contributed by atoms with E-state index in [9.17, 15) is 18.0 Å². The molecule has 1 heterocycles. The van der Waals surface area contributed by atoms with Crippen molar-refractivity contribution in [2.24, 2.45) is 5.73 Å². The zero-order valence-corrected chi connectivity index (χ0v) is 20.5. The summed E-state index contributed by atoms with van der Waals surface area (Å²) in [5, 5.41) is 2.91. The molecule has 1 unspecified atom stereocenters. The standard InChI is InChI=1S/C25H24N4O4S2/c1-16(30)27-23(19-9-7-17(14-26)8-10-19)24(31)25-28-21-12-11-20(13-22(21)34-25)29-35(32,33)15-18-5-3-2-4-6-18/h2-13,23,29H,14-15,26H2,1H3,(H,27,30). The van der Waals surface area contributed by atoms with Crippen molar-refractivity contribution in [3.63, 3.8) is 0 Å². The molecule has 180 valence electrons. The van der Waals surface area contributed by atoms with Crippen molar-refractivity contribution in [3.05, 3.63) is 94.5 Å². The number of thiazole rings is 1. The van der Waals surface area contributed by atoms with Crippen LogP contribution in [-0.2, 0) is 27.1 Å². The highest BCUT2D eigenvalue weighted by Gasteiger charge is 2.26. The average molecular weight is 509 g/mol. The molecule has 4 aromatic rings. The third-order valence-corrected chi connectivity index (χ3v) is 7.52. The molecule has 0 bridgehead atoms. The highest BCUT2D eigenvalue weighted by molar-refractivity contribution is 7.91. The van der Waals surface area contributed by atoms with Gasteiger partial charge in [0, 0.05) is 13.5 Å². The van der Waals surface area contributed by atoms with Crippen LogP contribution in [0.4, 0.5) is 5.69 Å². The number of nitrogens with two attached hydrogens (primary N) is 1. The fourth-order valence-electron chi connectivity index (χ4n) is 3.58. The van der Waals surface area contributed by atoms with E-state index in [-0.39, 0.29) is 22.5 Å². The Morgan fingerprint density at radius 2 is 1.71 bits per heavy atom. The van der Waals surface area contributed by atoms with Crippen LogP contribution in [0.3, 0.4) is 0 Å². The Morgan fingerprint density at radius 1 is 1.00 bits per heavy atom. The van der Waals surface area contributed by atoms with Crippen LogP contribution < -0.4 is 15.8 Å². The molecule has 0 fully saturated rings. The summed E-state index contributed by atoms with van der Waals surface area (Å²) in [6.45, 7) is 1.72. The van der Waals surface area contributed by atoms with Crippen LogP contribution in [0.5, 0.6) is 0 Å². The van der Waals surface area contributed by atoms with Crippen LogP contribution in [0.1, 0.15) is 39.5 Å². The first-order valence-electron chi connectivity index (χ1n) is 10.8. The summed E-state index contributed by atoms with van der Waals surface area (Å²) in [5.74, 6) is -0.852. The Hall–Kier alpha value is -3.60. The summed E-state index contributed by atoms with van der Waals surface area (Å²) in [6.07, 6.45) is 0. The molecule has 0 spiro atoms. The maximum Gasteiger partial charge on any atom is 0.236 e. The van der Waals surface area contributed by atoms with Crippen LogP contribution >= 0.6 is 11.3 Å². The van der Waals surface area contributed by atoms with Crippen LogP contribution in [0.15, 0.2) is 72.8 Å². The molecule has 1 aromatic heterocycles. The van der Waals surface area contributed by atoms with Crippen LogP contribution in [0, 0.1) is 0 Å². The summed E-state index contributed by atoms with van der Waals surface area (Å²) in [7, 11) is -3.62. The van der Waals surface area contributed by atoms with Gasteiger partial charge in [-0.05, 0) is 34.9 Å². The second-order valence-electron chi connectivity index (χ2n) is 7.99. The first-order valence-corrected chi connectivity index (χ1v) is 13.3. The molecular weight excluding hydrogens is 484 g/mol. The van der Waals surface area contributed by atoms with Gasteiger partial charge in [-0.2, -0.15) is 0 Å². The third-order valence-electron chi connectivity index (χ3n) is 5.23. The van der Waals surface area contributed by atoms with Gasteiger partial charge < -0.3 is 11.1 Å². The molecule has 3 aromatic carbocycles. The summed E-state index contributed by atoms with van der Waals surface area (Å²) in [5.41, 5.74) is 8.80. The van der Waals surface area contributed by atoms with Crippen molar-refractivity contribution in [2.45, 2.75) is 25.3 Å². The Balaban J connectivity index is 1.58. The number of amides is 1. The molecule has 35 heavy (non-hydrogen) atoms. The predicted octanol–water partition coefficient (Wildman–Crippen LogP) is 3.76.